The summed E-state index contributed by atoms with van der Waals surface area (Å²) in [5, 5.41) is 8.94. The van der Waals surface area contributed by atoms with Crippen molar-refractivity contribution in [1.29, 1.82) is 0 Å². The minimum Gasteiger partial charge on any atom is -0.458 e. The predicted octanol–water partition coefficient (Wildman–Crippen LogP) is 1.21. The van der Waals surface area contributed by atoms with Crippen molar-refractivity contribution in [2.45, 2.75) is 52.9 Å². The topological polar surface area (TPSA) is 206 Å². The fourth-order valence-electron chi connectivity index (χ4n) is 2.03. The normalized spacial score (nSPS) is 12.2. The highest BCUT2D eigenvalue weighted by Crippen LogP contribution is 1.99. The van der Waals surface area contributed by atoms with E-state index in [1.807, 2.05) is 0 Å². The van der Waals surface area contributed by atoms with E-state index in [0.29, 0.717) is 0 Å². The fraction of sp³-hybridized carbons (Fsp3) is 0.565. The van der Waals surface area contributed by atoms with E-state index in [2.05, 4.69) is 34.4 Å². The number of carbonyl (C=O) groups excluding carboxylic acids is 6. The standard InChI is InChI=1S/C23H36N4O12/c1-13(2)18(28)34-8-15(5)37-21(31)25-11-24-20(30)36-10-17(7)39-23(33)27-12-26-22(32)38-16(6)9-35-19(29)14(3)4/h15-17H,1,3,8-12H2,2,4-7H3,(H,24,30)(H,25,31)(H,26,32)(H,27,33). The summed E-state index contributed by atoms with van der Waals surface area (Å²) < 4.78 is 29.4. The molecule has 0 saturated heterocycles. The van der Waals surface area contributed by atoms with Crippen LogP contribution in [0.4, 0.5) is 19.2 Å². The van der Waals surface area contributed by atoms with Gasteiger partial charge in [-0.2, -0.15) is 0 Å². The van der Waals surface area contributed by atoms with E-state index in [9.17, 15) is 28.8 Å². The molecule has 3 unspecified atom stereocenters. The van der Waals surface area contributed by atoms with Crippen molar-refractivity contribution in [3.8, 4) is 0 Å². The van der Waals surface area contributed by atoms with Gasteiger partial charge in [-0.3, -0.25) is 0 Å². The lowest BCUT2D eigenvalue weighted by Gasteiger charge is -2.16. The molecule has 0 aliphatic heterocycles. The van der Waals surface area contributed by atoms with Gasteiger partial charge in [-0.25, -0.2) is 28.8 Å². The number of nitrogens with one attached hydrogen (secondary N) is 4. The Kier molecular flexibility index (Phi) is 16.5. The van der Waals surface area contributed by atoms with E-state index >= 15 is 0 Å². The highest BCUT2D eigenvalue weighted by molar-refractivity contribution is 5.87. The molecule has 16 nitrogen and oxygen atoms in total. The van der Waals surface area contributed by atoms with Gasteiger partial charge in [0, 0.05) is 11.1 Å². The number of esters is 2. The van der Waals surface area contributed by atoms with Crippen LogP contribution in [0.5, 0.6) is 0 Å². The molecule has 0 radical (unpaired) electrons. The van der Waals surface area contributed by atoms with Gasteiger partial charge in [0.2, 0.25) is 0 Å². The molecule has 0 rings (SSSR count). The Morgan fingerprint density at radius 3 is 1.13 bits per heavy atom. The zero-order valence-corrected chi connectivity index (χ0v) is 22.6. The number of hydrogen-bond acceptors (Lipinski definition) is 12. The van der Waals surface area contributed by atoms with Crippen LogP contribution in [0.1, 0.15) is 34.6 Å². The highest BCUT2D eigenvalue weighted by Gasteiger charge is 2.16. The maximum absolute atomic E-state index is 11.8. The Morgan fingerprint density at radius 1 is 0.538 bits per heavy atom. The summed E-state index contributed by atoms with van der Waals surface area (Å²) in [6.45, 7) is 12.9. The van der Waals surface area contributed by atoms with E-state index in [4.69, 9.17) is 28.4 Å². The molecule has 0 aromatic carbocycles. The Labute approximate surface area is 225 Å². The highest BCUT2D eigenvalue weighted by atomic mass is 16.6. The SMILES string of the molecule is C=C(C)C(=O)OCC(C)OC(=O)NCNC(=O)OCC(C)OC(=O)NCNC(=O)OC(C)COC(=O)C(=C)C. The quantitative estimate of drug-likeness (QED) is 0.0965. The summed E-state index contributed by atoms with van der Waals surface area (Å²) in [5.41, 5.74) is 0.411. The largest absolute Gasteiger partial charge is 0.458 e. The van der Waals surface area contributed by atoms with Crippen LogP contribution in [0.25, 0.3) is 0 Å². The summed E-state index contributed by atoms with van der Waals surface area (Å²) >= 11 is 0. The molecule has 16 heteroatoms. The van der Waals surface area contributed by atoms with Crippen LogP contribution in [-0.4, -0.2) is 87.8 Å². The van der Waals surface area contributed by atoms with Crippen LogP contribution >= 0.6 is 0 Å². The van der Waals surface area contributed by atoms with Gasteiger partial charge < -0.3 is 49.7 Å². The van der Waals surface area contributed by atoms with Crippen LogP contribution in [0.2, 0.25) is 0 Å². The van der Waals surface area contributed by atoms with Gasteiger partial charge in [0.1, 0.15) is 38.1 Å². The molecule has 0 bridgehead atoms. The Balaban J connectivity index is 3.98. The van der Waals surface area contributed by atoms with Gasteiger partial charge in [0.05, 0.1) is 13.3 Å². The number of carbonyl (C=O) groups is 6. The van der Waals surface area contributed by atoms with Crippen LogP contribution in [-0.2, 0) is 38.0 Å². The molecule has 0 spiro atoms. The number of alkyl carbamates (subject to hydrolysis) is 4. The van der Waals surface area contributed by atoms with Crippen LogP contribution in [0.3, 0.4) is 0 Å². The minimum absolute atomic E-state index is 0.172. The van der Waals surface area contributed by atoms with Gasteiger partial charge in [-0.1, -0.05) is 13.2 Å². The summed E-state index contributed by atoms with van der Waals surface area (Å²) in [6, 6.07) is 0. The Morgan fingerprint density at radius 2 is 0.821 bits per heavy atom. The van der Waals surface area contributed by atoms with Gasteiger partial charge in [-0.15, -0.1) is 0 Å². The second-order valence-electron chi connectivity index (χ2n) is 8.06. The summed E-state index contributed by atoms with van der Waals surface area (Å²) in [4.78, 5) is 69.4. The van der Waals surface area contributed by atoms with Gasteiger partial charge in [-0.05, 0) is 34.6 Å². The van der Waals surface area contributed by atoms with Crippen LogP contribution in [0, 0.1) is 0 Å². The molecule has 3 atom stereocenters. The minimum atomic E-state index is -0.915. The summed E-state index contributed by atoms with van der Waals surface area (Å²) in [7, 11) is 0. The van der Waals surface area contributed by atoms with Crippen LogP contribution in [0.15, 0.2) is 24.3 Å². The van der Waals surface area contributed by atoms with Crippen molar-refractivity contribution in [2.24, 2.45) is 0 Å². The number of amides is 4. The predicted molar refractivity (Wildman–Crippen MR) is 133 cm³/mol. The lowest BCUT2D eigenvalue weighted by atomic mass is 10.3. The van der Waals surface area contributed by atoms with Crippen molar-refractivity contribution in [1.82, 2.24) is 21.3 Å². The van der Waals surface area contributed by atoms with E-state index in [0.717, 1.165) is 0 Å². The van der Waals surface area contributed by atoms with E-state index in [-0.39, 0.29) is 44.3 Å². The summed E-state index contributed by atoms with van der Waals surface area (Å²) in [6.07, 6.45) is -5.92. The summed E-state index contributed by atoms with van der Waals surface area (Å²) in [5.74, 6) is -1.23. The van der Waals surface area contributed by atoms with Gasteiger partial charge in [0.25, 0.3) is 0 Å². The lowest BCUT2D eigenvalue weighted by molar-refractivity contribution is -0.142. The van der Waals surface area contributed by atoms with Crippen molar-refractivity contribution in [3.63, 3.8) is 0 Å². The third kappa shape index (κ3) is 18.4. The first-order valence-electron chi connectivity index (χ1n) is 11.6. The van der Waals surface area contributed by atoms with Gasteiger partial charge >= 0.3 is 36.3 Å². The molecule has 0 aliphatic carbocycles. The molecule has 0 saturated carbocycles. The van der Waals surface area contributed by atoms with Crippen molar-refractivity contribution in [2.75, 3.05) is 33.2 Å². The van der Waals surface area contributed by atoms with Crippen LogP contribution < -0.4 is 21.3 Å². The maximum Gasteiger partial charge on any atom is 0.408 e. The third-order valence-electron chi connectivity index (χ3n) is 3.90. The monoisotopic (exact) mass is 560 g/mol. The Hall–Kier alpha value is -4.50. The zero-order valence-electron chi connectivity index (χ0n) is 22.6. The fourth-order valence-corrected chi connectivity index (χ4v) is 2.03. The number of rotatable bonds is 15. The third-order valence-corrected chi connectivity index (χ3v) is 3.90. The average molecular weight is 561 g/mol. The molecule has 4 N–H and O–H groups in total. The molecule has 0 aromatic rings. The van der Waals surface area contributed by atoms with E-state index in [1.165, 1.54) is 34.6 Å². The molecule has 220 valence electrons. The van der Waals surface area contributed by atoms with Crippen molar-refractivity contribution in [3.05, 3.63) is 24.3 Å². The lowest BCUT2D eigenvalue weighted by Crippen LogP contribution is -2.41. The van der Waals surface area contributed by atoms with Gasteiger partial charge in [0.15, 0.2) is 0 Å². The second kappa shape index (κ2) is 18.7. The molecule has 0 heterocycles. The van der Waals surface area contributed by atoms with E-state index < -0.39 is 54.6 Å². The van der Waals surface area contributed by atoms with E-state index in [1.54, 1.807) is 0 Å². The zero-order chi connectivity index (χ0) is 30.0. The molecular formula is C23H36N4O12. The van der Waals surface area contributed by atoms with Crippen molar-refractivity contribution < 1.29 is 57.2 Å². The number of ether oxygens (including phenoxy) is 6. The molecule has 39 heavy (non-hydrogen) atoms. The average Bonchev–Trinajstić information content (AvgIpc) is 2.84. The Bertz CT molecular complexity index is 908. The molecular weight excluding hydrogens is 524 g/mol. The first-order chi connectivity index (χ1) is 18.2. The second-order valence-corrected chi connectivity index (χ2v) is 8.06. The number of hydrogen-bond donors (Lipinski definition) is 4. The first-order valence-corrected chi connectivity index (χ1v) is 11.6. The molecule has 0 fully saturated rings. The molecule has 0 aliphatic rings. The van der Waals surface area contributed by atoms with Crippen molar-refractivity contribution >= 4 is 36.3 Å². The molecule has 0 aromatic heterocycles. The molecule has 4 amide bonds. The smallest absolute Gasteiger partial charge is 0.408 e. The first kappa shape index (κ1) is 34.5. The maximum atomic E-state index is 11.8.